The number of nitrogens with one attached hydrogen (secondary N) is 1. The van der Waals surface area contributed by atoms with Crippen LogP contribution in [0.1, 0.15) is 19.3 Å². The number of non-ortho nitro benzene ring substituents is 1. The number of nitrogens with zero attached hydrogens (tertiary/aromatic N) is 3. The predicted molar refractivity (Wildman–Crippen MR) is 137 cm³/mol. The number of nitro groups is 1. The van der Waals surface area contributed by atoms with Gasteiger partial charge in [-0.15, -0.1) is 12.4 Å². The van der Waals surface area contributed by atoms with E-state index < -0.39 is 4.92 Å². The van der Waals surface area contributed by atoms with Gasteiger partial charge in [0.25, 0.3) is 11.2 Å². The lowest BCUT2D eigenvalue weighted by Gasteiger charge is -2.15. The number of fused-ring (bicyclic) bond motifs is 6. The molecule has 1 aliphatic rings. The minimum absolute atomic E-state index is 0. The van der Waals surface area contributed by atoms with Crippen molar-refractivity contribution in [3.05, 3.63) is 57.0 Å². The number of hydrogen-bond acceptors (Lipinski definition) is 8. The number of nitrogens with two attached hydrogens (primary N) is 1. The summed E-state index contributed by atoms with van der Waals surface area (Å²) in [6, 6.07) is 8.08. The Hall–Kier alpha value is -3.47. The molecule has 2 aromatic heterocycles. The van der Waals surface area contributed by atoms with E-state index in [2.05, 4.69) is 10.3 Å². The summed E-state index contributed by atoms with van der Waals surface area (Å²) in [6.45, 7) is 2.87. The second-order valence-corrected chi connectivity index (χ2v) is 8.29. The third-order valence-electron chi connectivity index (χ3n) is 6.14. The second-order valence-electron chi connectivity index (χ2n) is 8.29. The number of hydrogen-bond donors (Lipinski definition) is 2. The van der Waals surface area contributed by atoms with Gasteiger partial charge in [-0.2, -0.15) is 0 Å². The van der Waals surface area contributed by atoms with Crippen LogP contribution in [0.3, 0.4) is 0 Å². The maximum atomic E-state index is 13.6. The van der Waals surface area contributed by atoms with Gasteiger partial charge in [0.2, 0.25) is 6.79 Å². The van der Waals surface area contributed by atoms with Crippen LogP contribution >= 0.6 is 12.4 Å². The summed E-state index contributed by atoms with van der Waals surface area (Å²) in [4.78, 5) is 29.1. The van der Waals surface area contributed by atoms with E-state index in [4.69, 9.17) is 15.2 Å². The molecule has 0 spiro atoms. The summed E-state index contributed by atoms with van der Waals surface area (Å²) in [5.74, 6) is 1.23. The van der Waals surface area contributed by atoms with Gasteiger partial charge in [0, 0.05) is 54.8 Å². The molecule has 5 rings (SSSR count). The topological polar surface area (TPSA) is 135 Å². The Morgan fingerprint density at radius 1 is 1.03 bits per heavy atom. The second kappa shape index (κ2) is 10.4. The molecule has 10 nitrogen and oxygen atoms in total. The minimum atomic E-state index is -0.485. The first kappa shape index (κ1) is 24.6. The monoisotopic (exact) mass is 499 g/mol. The largest absolute Gasteiger partial charge is 0.454 e. The summed E-state index contributed by atoms with van der Waals surface area (Å²) in [7, 11) is 0. The van der Waals surface area contributed by atoms with Crippen LogP contribution < -0.4 is 26.1 Å². The zero-order chi connectivity index (χ0) is 23.7. The number of aryl methyl sites for hydroxylation is 1. The molecule has 2 aromatic carbocycles. The number of nitro benzene ring substituents is 1. The van der Waals surface area contributed by atoms with E-state index in [-0.39, 0.29) is 30.4 Å². The molecular formula is C24H26ClN5O5. The molecule has 0 saturated carbocycles. The lowest BCUT2D eigenvalue weighted by atomic mass is 10.0. The zero-order valence-electron chi connectivity index (χ0n) is 19.0. The summed E-state index contributed by atoms with van der Waals surface area (Å²) < 4.78 is 12.8. The van der Waals surface area contributed by atoms with Crippen LogP contribution in [0, 0.1) is 10.1 Å². The van der Waals surface area contributed by atoms with Gasteiger partial charge in [0.1, 0.15) is 0 Å². The zero-order valence-corrected chi connectivity index (χ0v) is 19.8. The van der Waals surface area contributed by atoms with Crippen molar-refractivity contribution in [1.82, 2.24) is 14.9 Å². The fourth-order valence-electron chi connectivity index (χ4n) is 4.50. The van der Waals surface area contributed by atoms with Crippen LogP contribution in [0.15, 0.2) is 41.3 Å². The van der Waals surface area contributed by atoms with Crippen LogP contribution in [0.25, 0.3) is 32.6 Å². The average Bonchev–Trinajstić information content (AvgIpc) is 3.30. The molecule has 0 fully saturated rings. The van der Waals surface area contributed by atoms with Crippen molar-refractivity contribution in [2.75, 3.05) is 26.4 Å². The number of aromatic nitrogens is 2. The van der Waals surface area contributed by atoms with Gasteiger partial charge in [-0.1, -0.05) is 6.42 Å². The van der Waals surface area contributed by atoms with Gasteiger partial charge in [-0.25, -0.2) is 0 Å². The van der Waals surface area contributed by atoms with Crippen LogP contribution in [0.4, 0.5) is 5.69 Å². The minimum Gasteiger partial charge on any atom is -0.454 e. The summed E-state index contributed by atoms with van der Waals surface area (Å²) in [5.41, 5.74) is 6.58. The third kappa shape index (κ3) is 4.60. The van der Waals surface area contributed by atoms with Crippen molar-refractivity contribution in [2.24, 2.45) is 5.73 Å². The average molecular weight is 500 g/mol. The molecule has 184 valence electrons. The Kier molecular flexibility index (Phi) is 7.34. The Morgan fingerprint density at radius 2 is 1.83 bits per heavy atom. The lowest BCUT2D eigenvalue weighted by molar-refractivity contribution is -0.384. The van der Waals surface area contributed by atoms with E-state index in [1.807, 2.05) is 12.1 Å². The van der Waals surface area contributed by atoms with Gasteiger partial charge >= 0.3 is 0 Å². The highest BCUT2D eigenvalue weighted by Gasteiger charge is 2.20. The maximum absolute atomic E-state index is 13.6. The molecule has 35 heavy (non-hydrogen) atoms. The van der Waals surface area contributed by atoms with Crippen LogP contribution in [-0.2, 0) is 6.54 Å². The first-order valence-corrected chi connectivity index (χ1v) is 11.3. The summed E-state index contributed by atoms with van der Waals surface area (Å²) in [6.07, 6.45) is 4.40. The molecule has 0 unspecified atom stereocenters. The van der Waals surface area contributed by atoms with Crippen molar-refractivity contribution in [2.45, 2.75) is 25.8 Å². The first-order valence-electron chi connectivity index (χ1n) is 11.3. The van der Waals surface area contributed by atoms with Crippen molar-refractivity contribution in [1.29, 1.82) is 0 Å². The van der Waals surface area contributed by atoms with E-state index in [0.29, 0.717) is 40.9 Å². The number of unbranched alkanes of at least 4 members (excludes halogenated alkanes) is 2. The quantitative estimate of drug-likeness (QED) is 0.155. The Balaban J connectivity index is 0.00000289. The van der Waals surface area contributed by atoms with Gasteiger partial charge < -0.3 is 25.1 Å². The molecular weight excluding hydrogens is 474 g/mol. The van der Waals surface area contributed by atoms with E-state index in [1.54, 1.807) is 16.8 Å². The number of pyridine rings is 2. The number of ether oxygens (including phenoxy) is 2. The van der Waals surface area contributed by atoms with Crippen LogP contribution in [0.5, 0.6) is 11.5 Å². The van der Waals surface area contributed by atoms with Gasteiger partial charge in [0.05, 0.1) is 21.3 Å². The molecule has 1 aliphatic heterocycles. The Bertz CT molecular complexity index is 1470. The smallest absolute Gasteiger partial charge is 0.270 e. The Morgan fingerprint density at radius 3 is 2.60 bits per heavy atom. The molecule has 0 saturated heterocycles. The number of benzene rings is 2. The number of halogens is 1. The SMILES string of the molecule is Cl.NCCNCCCCCn1c(=O)c2cc([N+](=O)[O-])ccc2c2cnc3cc4c(cc3c21)OCO4. The fraction of sp³-hybridized carbons (Fsp3) is 0.333. The van der Waals surface area contributed by atoms with E-state index in [9.17, 15) is 14.9 Å². The highest BCUT2D eigenvalue weighted by Crippen LogP contribution is 2.38. The molecule has 0 atom stereocenters. The molecule has 4 aromatic rings. The van der Waals surface area contributed by atoms with Crippen molar-refractivity contribution < 1.29 is 14.4 Å². The van der Waals surface area contributed by atoms with Crippen LogP contribution in [0.2, 0.25) is 0 Å². The van der Waals surface area contributed by atoms with Gasteiger partial charge in [0.15, 0.2) is 11.5 Å². The maximum Gasteiger partial charge on any atom is 0.270 e. The van der Waals surface area contributed by atoms with Crippen molar-refractivity contribution >= 4 is 50.7 Å². The summed E-state index contributed by atoms with van der Waals surface area (Å²) >= 11 is 0. The first-order chi connectivity index (χ1) is 16.6. The predicted octanol–water partition coefficient (Wildman–Crippen LogP) is 3.48. The fourth-order valence-corrected chi connectivity index (χ4v) is 4.50. The van der Waals surface area contributed by atoms with Gasteiger partial charge in [-0.3, -0.25) is 19.9 Å². The molecule has 0 radical (unpaired) electrons. The molecule has 3 N–H and O–H groups in total. The van der Waals surface area contributed by atoms with Gasteiger partial charge in [-0.05, 0) is 36.9 Å². The third-order valence-corrected chi connectivity index (χ3v) is 6.14. The summed E-state index contributed by atoms with van der Waals surface area (Å²) in [5, 5.41) is 17.1. The molecule has 11 heteroatoms. The molecule has 0 amide bonds. The van der Waals surface area contributed by atoms with E-state index in [1.165, 1.54) is 12.1 Å². The molecule has 0 bridgehead atoms. The van der Waals surface area contributed by atoms with Crippen molar-refractivity contribution in [3.63, 3.8) is 0 Å². The highest BCUT2D eigenvalue weighted by atomic mass is 35.5. The highest BCUT2D eigenvalue weighted by molar-refractivity contribution is 6.14. The van der Waals surface area contributed by atoms with E-state index >= 15 is 0 Å². The van der Waals surface area contributed by atoms with Crippen molar-refractivity contribution in [3.8, 4) is 11.5 Å². The molecule has 0 aliphatic carbocycles. The molecule has 3 heterocycles. The van der Waals surface area contributed by atoms with E-state index in [0.717, 1.165) is 48.6 Å². The van der Waals surface area contributed by atoms with Crippen LogP contribution in [-0.4, -0.2) is 40.9 Å². The number of rotatable bonds is 9. The lowest BCUT2D eigenvalue weighted by Crippen LogP contribution is -2.24. The normalized spacial score (nSPS) is 12.4. The standard InChI is InChI=1S/C24H25N5O5.ClH/c25-6-8-26-7-2-1-3-9-28-23-18-11-21-22(34-14-33-21)12-20(18)27-13-19(23)16-5-4-15(29(31)32)10-17(16)24(28)30;/h4-5,10-13,26H,1-3,6-9,14,25H2;1H. The Labute approximate surface area is 206 Å².